The number of hydrogen-bond donors (Lipinski definition) is 3. The van der Waals surface area contributed by atoms with Gasteiger partial charge in [-0.15, -0.1) is 0 Å². The fourth-order valence-corrected chi connectivity index (χ4v) is 2.72. The van der Waals surface area contributed by atoms with Crippen molar-refractivity contribution in [2.45, 2.75) is 32.1 Å². The third kappa shape index (κ3) is 6.10. The molecule has 22 heavy (non-hydrogen) atoms. The van der Waals surface area contributed by atoms with E-state index in [0.717, 1.165) is 64.1 Å². The van der Waals surface area contributed by atoms with Gasteiger partial charge in [0.1, 0.15) is 0 Å². The topological polar surface area (TPSA) is 75.1 Å². The molecule has 2 aliphatic rings. The van der Waals surface area contributed by atoms with E-state index >= 15 is 0 Å². The fourth-order valence-electron chi connectivity index (χ4n) is 2.72. The third-order valence-electron chi connectivity index (χ3n) is 4.49. The van der Waals surface area contributed by atoms with Crippen molar-refractivity contribution in [3.05, 3.63) is 0 Å². The van der Waals surface area contributed by atoms with Crippen LogP contribution in [0.15, 0.2) is 4.99 Å². The summed E-state index contributed by atoms with van der Waals surface area (Å²) in [6.07, 6.45) is 5.43. The van der Waals surface area contributed by atoms with Gasteiger partial charge in [-0.2, -0.15) is 0 Å². The van der Waals surface area contributed by atoms with Crippen molar-refractivity contribution in [1.82, 2.24) is 10.6 Å². The number of aliphatic imine (C=N–C) groups is 1. The van der Waals surface area contributed by atoms with Gasteiger partial charge < -0.3 is 25.2 Å². The first-order valence-corrected chi connectivity index (χ1v) is 8.49. The lowest BCUT2D eigenvalue weighted by atomic mass is 9.84. The van der Waals surface area contributed by atoms with Gasteiger partial charge in [0.05, 0.1) is 6.61 Å². The Bertz CT molecular complexity index is 340. The molecule has 128 valence electrons. The summed E-state index contributed by atoms with van der Waals surface area (Å²) in [5.41, 5.74) is 0.0414. The summed E-state index contributed by atoms with van der Waals surface area (Å²) < 4.78 is 11.1. The van der Waals surface area contributed by atoms with Gasteiger partial charge in [0.15, 0.2) is 5.96 Å². The number of rotatable bonds is 10. The number of guanidine groups is 1. The minimum atomic E-state index is 0.0414. The molecule has 0 amide bonds. The van der Waals surface area contributed by atoms with Crippen LogP contribution >= 0.6 is 0 Å². The smallest absolute Gasteiger partial charge is 0.190 e. The van der Waals surface area contributed by atoms with Crippen molar-refractivity contribution in [2.24, 2.45) is 16.3 Å². The second-order valence-electron chi connectivity index (χ2n) is 6.50. The van der Waals surface area contributed by atoms with Crippen LogP contribution in [0.4, 0.5) is 0 Å². The minimum absolute atomic E-state index is 0.0414. The lowest BCUT2D eigenvalue weighted by Crippen LogP contribution is -2.44. The van der Waals surface area contributed by atoms with Crippen LogP contribution in [-0.4, -0.2) is 64.2 Å². The maximum absolute atomic E-state index is 9.24. The van der Waals surface area contributed by atoms with Crippen molar-refractivity contribution in [2.75, 3.05) is 53.2 Å². The van der Waals surface area contributed by atoms with Gasteiger partial charge in [0.2, 0.25) is 0 Å². The molecule has 1 saturated carbocycles. The molecule has 0 bridgehead atoms. The van der Waals surface area contributed by atoms with E-state index in [9.17, 15) is 5.11 Å². The minimum Gasteiger partial charge on any atom is -0.396 e. The molecular weight excluding hydrogens is 282 g/mol. The maximum atomic E-state index is 9.24. The first-order valence-electron chi connectivity index (χ1n) is 8.49. The van der Waals surface area contributed by atoms with Crippen molar-refractivity contribution >= 4 is 5.96 Å². The van der Waals surface area contributed by atoms with Crippen LogP contribution in [0.1, 0.15) is 32.1 Å². The lowest BCUT2D eigenvalue weighted by Gasteiger charge is -2.27. The van der Waals surface area contributed by atoms with Crippen molar-refractivity contribution in [1.29, 1.82) is 0 Å². The first kappa shape index (κ1) is 17.5. The van der Waals surface area contributed by atoms with Crippen molar-refractivity contribution in [3.8, 4) is 0 Å². The second-order valence-corrected chi connectivity index (χ2v) is 6.50. The van der Waals surface area contributed by atoms with Gasteiger partial charge in [0, 0.05) is 52.0 Å². The maximum Gasteiger partial charge on any atom is 0.190 e. The molecule has 1 saturated heterocycles. The van der Waals surface area contributed by atoms with E-state index in [4.69, 9.17) is 9.47 Å². The Morgan fingerprint density at radius 2 is 2.27 bits per heavy atom. The molecule has 1 aliphatic carbocycles. The number of hydrogen-bond acceptors (Lipinski definition) is 4. The molecule has 1 heterocycles. The Morgan fingerprint density at radius 3 is 2.91 bits per heavy atom. The molecule has 6 nitrogen and oxygen atoms in total. The monoisotopic (exact) mass is 313 g/mol. The van der Waals surface area contributed by atoms with E-state index in [0.29, 0.717) is 6.61 Å². The lowest BCUT2D eigenvalue weighted by molar-refractivity contribution is 0.122. The molecule has 0 aromatic carbocycles. The molecule has 1 aliphatic heterocycles. The van der Waals surface area contributed by atoms with Gasteiger partial charge >= 0.3 is 0 Å². The number of ether oxygens (including phenoxy) is 2. The summed E-state index contributed by atoms with van der Waals surface area (Å²) in [5, 5.41) is 15.9. The van der Waals surface area contributed by atoms with Crippen LogP contribution < -0.4 is 10.6 Å². The number of nitrogens with zero attached hydrogens (tertiary/aromatic N) is 1. The highest BCUT2D eigenvalue weighted by Gasteiger charge is 2.34. The Kier molecular flexibility index (Phi) is 7.42. The van der Waals surface area contributed by atoms with E-state index in [1.807, 2.05) is 0 Å². The zero-order chi connectivity index (χ0) is 15.7. The summed E-state index contributed by atoms with van der Waals surface area (Å²) >= 11 is 0. The summed E-state index contributed by atoms with van der Waals surface area (Å²) in [6, 6.07) is 0. The van der Waals surface area contributed by atoms with Gasteiger partial charge in [-0.3, -0.25) is 4.99 Å². The number of nitrogens with one attached hydrogen (secondary N) is 2. The Balaban J connectivity index is 1.57. The predicted molar refractivity (Wildman–Crippen MR) is 87.1 cm³/mol. The SMILES string of the molecule is CN=C(NCCCOCC1CC1)NCC1(CCO)CCOC1. The standard InChI is InChI=1S/C16H31N3O3/c1-17-15(18-7-2-9-21-11-14-3-4-14)19-12-16(5-8-20)6-10-22-13-16/h14,20H,2-13H2,1H3,(H2,17,18,19). The molecule has 6 heteroatoms. The number of aliphatic hydroxyl groups excluding tert-OH is 1. The Hall–Kier alpha value is -0.850. The second kappa shape index (κ2) is 9.33. The first-order chi connectivity index (χ1) is 10.8. The summed E-state index contributed by atoms with van der Waals surface area (Å²) in [5.74, 6) is 1.64. The van der Waals surface area contributed by atoms with Crippen molar-refractivity contribution in [3.63, 3.8) is 0 Å². The fraction of sp³-hybridized carbons (Fsp3) is 0.938. The number of aliphatic hydroxyl groups is 1. The van der Waals surface area contributed by atoms with Gasteiger partial charge in [0.25, 0.3) is 0 Å². The van der Waals surface area contributed by atoms with Crippen LogP contribution in [0.2, 0.25) is 0 Å². The van der Waals surface area contributed by atoms with E-state index in [-0.39, 0.29) is 12.0 Å². The van der Waals surface area contributed by atoms with E-state index in [1.54, 1.807) is 7.05 Å². The average Bonchev–Trinajstić information content (AvgIpc) is 3.24. The highest BCUT2D eigenvalue weighted by Crippen LogP contribution is 2.31. The Morgan fingerprint density at radius 1 is 1.41 bits per heavy atom. The molecular formula is C16H31N3O3. The van der Waals surface area contributed by atoms with E-state index in [1.165, 1.54) is 12.8 Å². The van der Waals surface area contributed by atoms with Crippen LogP contribution in [-0.2, 0) is 9.47 Å². The highest BCUT2D eigenvalue weighted by molar-refractivity contribution is 5.79. The van der Waals surface area contributed by atoms with Crippen LogP contribution in [0.5, 0.6) is 0 Å². The molecule has 0 radical (unpaired) electrons. The molecule has 0 spiro atoms. The van der Waals surface area contributed by atoms with Crippen LogP contribution in [0, 0.1) is 11.3 Å². The zero-order valence-electron chi connectivity index (χ0n) is 13.8. The normalized spacial score (nSPS) is 25.5. The van der Waals surface area contributed by atoms with Crippen molar-refractivity contribution < 1.29 is 14.6 Å². The largest absolute Gasteiger partial charge is 0.396 e. The summed E-state index contributed by atoms with van der Waals surface area (Å²) in [4.78, 5) is 4.25. The quantitative estimate of drug-likeness (QED) is 0.315. The zero-order valence-corrected chi connectivity index (χ0v) is 13.8. The molecule has 0 aromatic heterocycles. The highest BCUT2D eigenvalue weighted by atomic mass is 16.5. The van der Waals surface area contributed by atoms with Crippen LogP contribution in [0.25, 0.3) is 0 Å². The van der Waals surface area contributed by atoms with Gasteiger partial charge in [-0.25, -0.2) is 0 Å². The molecule has 2 rings (SSSR count). The van der Waals surface area contributed by atoms with E-state index < -0.39 is 0 Å². The molecule has 1 atom stereocenters. The van der Waals surface area contributed by atoms with Crippen LogP contribution in [0.3, 0.4) is 0 Å². The molecule has 1 unspecified atom stereocenters. The van der Waals surface area contributed by atoms with Gasteiger partial charge in [-0.1, -0.05) is 0 Å². The van der Waals surface area contributed by atoms with Gasteiger partial charge in [-0.05, 0) is 38.0 Å². The predicted octanol–water partition coefficient (Wildman–Crippen LogP) is 0.757. The van der Waals surface area contributed by atoms with E-state index in [2.05, 4.69) is 15.6 Å². The third-order valence-corrected chi connectivity index (χ3v) is 4.49. The molecule has 3 N–H and O–H groups in total. The average molecular weight is 313 g/mol. The Labute approximate surface area is 133 Å². The summed E-state index contributed by atoms with van der Waals surface area (Å²) in [6.45, 7) is 5.08. The molecule has 2 fully saturated rings. The summed E-state index contributed by atoms with van der Waals surface area (Å²) in [7, 11) is 1.78. The molecule has 0 aromatic rings.